The number of hydrogen-bond acceptors (Lipinski definition) is 6. The molecule has 1 saturated heterocycles. The number of fused-ring (bicyclic) bond motifs is 1. The van der Waals surface area contributed by atoms with Crippen LogP contribution in [0.3, 0.4) is 0 Å². The molecule has 154 valence electrons. The highest BCUT2D eigenvalue weighted by atomic mass is 16.6. The third kappa shape index (κ3) is 5.03. The zero-order valence-electron chi connectivity index (χ0n) is 16.3. The van der Waals surface area contributed by atoms with E-state index in [0.717, 1.165) is 10.8 Å². The van der Waals surface area contributed by atoms with Gasteiger partial charge in [-0.15, -0.1) is 0 Å². The number of aliphatic hydroxyl groups excluding tert-OH is 1. The van der Waals surface area contributed by atoms with E-state index in [2.05, 4.69) is 15.4 Å². The number of benzene rings is 2. The van der Waals surface area contributed by atoms with Crippen LogP contribution in [0.15, 0.2) is 42.5 Å². The molecule has 2 aromatic carbocycles. The second-order valence-corrected chi connectivity index (χ2v) is 7.25. The smallest absolute Gasteiger partial charge is 0.310 e. The van der Waals surface area contributed by atoms with Crippen LogP contribution >= 0.6 is 0 Å². The summed E-state index contributed by atoms with van der Waals surface area (Å²) in [5.41, 5.74) is 0. The van der Waals surface area contributed by atoms with Crippen LogP contribution in [0.4, 0.5) is 0 Å². The largest absolute Gasteiger partial charge is 0.483 e. The van der Waals surface area contributed by atoms with Gasteiger partial charge < -0.3 is 25.2 Å². The Morgan fingerprint density at radius 1 is 1.21 bits per heavy atom. The van der Waals surface area contributed by atoms with Gasteiger partial charge in [-0.25, -0.2) is 0 Å². The van der Waals surface area contributed by atoms with E-state index in [1.807, 2.05) is 36.4 Å². The predicted octanol–water partition coefficient (Wildman–Crippen LogP) is 1.11. The van der Waals surface area contributed by atoms with Crippen LogP contribution in [0.25, 0.3) is 10.8 Å². The summed E-state index contributed by atoms with van der Waals surface area (Å²) in [4.78, 5) is 36.1. The maximum Gasteiger partial charge on any atom is 0.310 e. The highest BCUT2D eigenvalue weighted by molar-refractivity contribution is 5.90. The van der Waals surface area contributed by atoms with E-state index in [-0.39, 0.29) is 18.9 Å². The Kier molecular flexibility index (Phi) is 6.33. The Balaban J connectivity index is 1.59. The molecule has 2 aromatic rings. The first kappa shape index (κ1) is 20.6. The molecule has 8 heteroatoms. The van der Waals surface area contributed by atoms with E-state index in [1.54, 1.807) is 19.9 Å². The Morgan fingerprint density at radius 3 is 2.62 bits per heavy atom. The molecule has 0 saturated carbocycles. The minimum Gasteiger partial charge on any atom is -0.483 e. The lowest BCUT2D eigenvalue weighted by molar-refractivity contribution is -0.155. The van der Waals surface area contributed by atoms with Crippen molar-refractivity contribution in [2.24, 2.45) is 5.92 Å². The average molecular weight is 400 g/mol. The fraction of sp³-hybridized carbons (Fsp3) is 0.381. The summed E-state index contributed by atoms with van der Waals surface area (Å²) >= 11 is 0. The molecule has 8 nitrogen and oxygen atoms in total. The van der Waals surface area contributed by atoms with Crippen LogP contribution in [-0.2, 0) is 19.1 Å². The molecule has 3 rings (SSSR count). The summed E-state index contributed by atoms with van der Waals surface area (Å²) in [5, 5.41) is 16.7. The van der Waals surface area contributed by atoms with Gasteiger partial charge in [0.2, 0.25) is 12.2 Å². The highest BCUT2D eigenvalue weighted by Crippen LogP contribution is 2.25. The number of hydrogen-bond donors (Lipinski definition) is 3. The van der Waals surface area contributed by atoms with Gasteiger partial charge in [-0.1, -0.05) is 50.2 Å². The quantitative estimate of drug-likeness (QED) is 0.600. The molecule has 3 N–H and O–H groups in total. The van der Waals surface area contributed by atoms with Crippen molar-refractivity contribution < 1.29 is 29.0 Å². The molecule has 1 aliphatic rings. The van der Waals surface area contributed by atoms with Gasteiger partial charge >= 0.3 is 5.97 Å². The molecule has 1 fully saturated rings. The summed E-state index contributed by atoms with van der Waals surface area (Å²) in [6, 6.07) is 11.6. The third-order valence-corrected chi connectivity index (χ3v) is 4.68. The Bertz CT molecular complexity index is 908. The van der Waals surface area contributed by atoms with E-state index in [4.69, 9.17) is 4.74 Å². The predicted molar refractivity (Wildman–Crippen MR) is 105 cm³/mol. The second kappa shape index (κ2) is 8.91. The first-order valence-electron chi connectivity index (χ1n) is 9.43. The summed E-state index contributed by atoms with van der Waals surface area (Å²) in [5.74, 6) is -1.18. The summed E-state index contributed by atoms with van der Waals surface area (Å²) in [7, 11) is 0. The molecule has 1 unspecified atom stereocenters. The number of amides is 2. The van der Waals surface area contributed by atoms with Crippen molar-refractivity contribution in [3.63, 3.8) is 0 Å². The molecule has 0 radical (unpaired) electrons. The minimum atomic E-state index is -1.38. The maximum absolute atomic E-state index is 12.5. The normalized spacial score (nSPS) is 19.7. The fourth-order valence-electron chi connectivity index (χ4n) is 3.16. The molecule has 0 aromatic heterocycles. The molecular weight excluding hydrogens is 376 g/mol. The zero-order valence-corrected chi connectivity index (χ0v) is 16.3. The summed E-state index contributed by atoms with van der Waals surface area (Å²) in [6.07, 6.45) is -1.50. The number of esters is 1. The van der Waals surface area contributed by atoms with E-state index in [9.17, 15) is 19.5 Å². The van der Waals surface area contributed by atoms with Crippen molar-refractivity contribution in [1.29, 1.82) is 0 Å². The number of aliphatic hydroxyl groups is 1. The van der Waals surface area contributed by atoms with Crippen molar-refractivity contribution in [2.75, 3.05) is 6.61 Å². The molecule has 2 amide bonds. The molecule has 0 bridgehead atoms. The Morgan fingerprint density at radius 2 is 1.93 bits per heavy atom. The van der Waals surface area contributed by atoms with Crippen molar-refractivity contribution in [1.82, 2.24) is 10.6 Å². The maximum atomic E-state index is 12.5. The number of nitrogens with one attached hydrogen (secondary N) is 2. The fourth-order valence-corrected chi connectivity index (χ4v) is 3.16. The van der Waals surface area contributed by atoms with Crippen molar-refractivity contribution in [3.05, 3.63) is 42.5 Å². The van der Waals surface area contributed by atoms with Gasteiger partial charge in [-0.05, 0) is 17.4 Å². The van der Waals surface area contributed by atoms with Crippen LogP contribution in [-0.4, -0.2) is 47.9 Å². The monoisotopic (exact) mass is 400 g/mol. The van der Waals surface area contributed by atoms with Crippen LogP contribution in [0.5, 0.6) is 5.75 Å². The van der Waals surface area contributed by atoms with Gasteiger partial charge in [-0.3, -0.25) is 14.4 Å². The topological polar surface area (TPSA) is 114 Å². The lowest BCUT2D eigenvalue weighted by Crippen LogP contribution is -2.54. The SMILES string of the molecule is CC(C)[C@H](NC(=O)COc1cccc2ccccc12)C(=O)N[C@H]1CC(=O)OC1O. The third-order valence-electron chi connectivity index (χ3n) is 4.68. The standard InChI is InChI=1S/C21H24N2O6/c1-12(2)19(20(26)22-15-10-18(25)29-21(15)27)23-17(24)11-28-16-9-5-7-13-6-3-4-8-14(13)16/h3-9,12,15,19,21,27H,10-11H2,1-2H3,(H,22,26)(H,23,24)/t15-,19-,21?/m0/s1. The molecule has 3 atom stereocenters. The van der Waals surface area contributed by atoms with E-state index in [1.165, 1.54) is 0 Å². The lowest BCUT2D eigenvalue weighted by atomic mass is 10.0. The van der Waals surface area contributed by atoms with E-state index < -0.39 is 36.2 Å². The van der Waals surface area contributed by atoms with Gasteiger partial charge in [0.1, 0.15) is 17.8 Å². The molecule has 1 heterocycles. The van der Waals surface area contributed by atoms with Crippen LogP contribution in [0.2, 0.25) is 0 Å². The van der Waals surface area contributed by atoms with Gasteiger partial charge in [0.15, 0.2) is 6.61 Å². The van der Waals surface area contributed by atoms with Gasteiger partial charge in [0.25, 0.3) is 5.91 Å². The van der Waals surface area contributed by atoms with Crippen LogP contribution in [0.1, 0.15) is 20.3 Å². The van der Waals surface area contributed by atoms with Crippen molar-refractivity contribution in [3.8, 4) is 5.75 Å². The second-order valence-electron chi connectivity index (χ2n) is 7.25. The number of rotatable bonds is 7. The van der Waals surface area contributed by atoms with Gasteiger partial charge in [-0.2, -0.15) is 0 Å². The Labute approximate surface area is 168 Å². The number of ether oxygens (including phenoxy) is 2. The van der Waals surface area contributed by atoms with Gasteiger partial charge in [0.05, 0.1) is 6.42 Å². The summed E-state index contributed by atoms with van der Waals surface area (Å²) in [6.45, 7) is 3.31. The van der Waals surface area contributed by atoms with Crippen LogP contribution < -0.4 is 15.4 Å². The summed E-state index contributed by atoms with van der Waals surface area (Å²) < 4.78 is 10.3. The van der Waals surface area contributed by atoms with Gasteiger partial charge in [0, 0.05) is 5.39 Å². The van der Waals surface area contributed by atoms with Crippen molar-refractivity contribution >= 4 is 28.6 Å². The molecule has 29 heavy (non-hydrogen) atoms. The van der Waals surface area contributed by atoms with E-state index in [0.29, 0.717) is 5.75 Å². The molecule has 0 spiro atoms. The number of carbonyl (C=O) groups excluding carboxylic acids is 3. The van der Waals surface area contributed by atoms with Crippen molar-refractivity contribution in [2.45, 2.75) is 38.6 Å². The van der Waals surface area contributed by atoms with Crippen LogP contribution in [0, 0.1) is 5.92 Å². The first-order chi connectivity index (χ1) is 13.8. The molecule has 0 aliphatic carbocycles. The molecular formula is C21H24N2O6. The highest BCUT2D eigenvalue weighted by Gasteiger charge is 2.36. The minimum absolute atomic E-state index is 0.115. The Hall–Kier alpha value is -3.13. The number of cyclic esters (lactones) is 1. The lowest BCUT2D eigenvalue weighted by Gasteiger charge is -2.24. The first-order valence-corrected chi connectivity index (χ1v) is 9.43. The molecule has 1 aliphatic heterocycles. The average Bonchev–Trinajstić information content (AvgIpc) is 3.00. The zero-order chi connectivity index (χ0) is 21.0. The number of carbonyl (C=O) groups is 3. The van der Waals surface area contributed by atoms with E-state index >= 15 is 0 Å².